The molecule has 0 bridgehead atoms. The van der Waals surface area contributed by atoms with Crippen molar-refractivity contribution < 1.29 is 19.4 Å². The van der Waals surface area contributed by atoms with E-state index >= 15 is 0 Å². The summed E-state index contributed by atoms with van der Waals surface area (Å²) in [6.07, 6.45) is 0. The SMILES string of the molecule is C[C@@H](C(=O)O)c1ccc2c(c1)OCc1cc(I)ccc1C2=O. The Morgan fingerprint density at radius 3 is 2.68 bits per heavy atom. The van der Waals surface area contributed by atoms with Gasteiger partial charge in [-0.15, -0.1) is 0 Å². The van der Waals surface area contributed by atoms with Gasteiger partial charge in [0.15, 0.2) is 5.78 Å². The van der Waals surface area contributed by atoms with Crippen LogP contribution in [-0.4, -0.2) is 16.9 Å². The first kappa shape index (κ1) is 15.0. The van der Waals surface area contributed by atoms with Crippen LogP contribution in [0, 0.1) is 3.57 Å². The molecule has 2 aromatic carbocycles. The van der Waals surface area contributed by atoms with Gasteiger partial charge in [-0.1, -0.05) is 6.07 Å². The van der Waals surface area contributed by atoms with Gasteiger partial charge in [0.1, 0.15) is 12.4 Å². The molecule has 1 atom stereocenters. The number of carboxylic acids is 1. The Labute approximate surface area is 141 Å². The van der Waals surface area contributed by atoms with E-state index in [-0.39, 0.29) is 5.78 Å². The van der Waals surface area contributed by atoms with Gasteiger partial charge in [-0.05, 0) is 65.4 Å². The van der Waals surface area contributed by atoms with E-state index in [2.05, 4.69) is 22.6 Å². The molecule has 0 unspecified atom stereocenters. The van der Waals surface area contributed by atoms with Crippen molar-refractivity contribution in [2.75, 3.05) is 0 Å². The van der Waals surface area contributed by atoms with Crippen LogP contribution in [0.2, 0.25) is 0 Å². The molecule has 5 heteroatoms. The van der Waals surface area contributed by atoms with E-state index in [1.54, 1.807) is 25.1 Å². The van der Waals surface area contributed by atoms with Gasteiger partial charge in [-0.2, -0.15) is 0 Å². The second kappa shape index (κ2) is 5.72. The summed E-state index contributed by atoms with van der Waals surface area (Å²) >= 11 is 2.19. The average molecular weight is 408 g/mol. The summed E-state index contributed by atoms with van der Waals surface area (Å²) in [5.74, 6) is -1.19. The fourth-order valence-electron chi connectivity index (χ4n) is 2.46. The lowest BCUT2D eigenvalue weighted by atomic mass is 9.95. The predicted octanol–water partition coefficient (Wildman–Crippen LogP) is 3.60. The van der Waals surface area contributed by atoms with Crippen molar-refractivity contribution in [2.45, 2.75) is 19.4 Å². The van der Waals surface area contributed by atoms with Crippen LogP contribution in [-0.2, 0) is 11.4 Å². The van der Waals surface area contributed by atoms with Crippen molar-refractivity contribution in [2.24, 2.45) is 0 Å². The predicted molar refractivity (Wildman–Crippen MR) is 89.4 cm³/mol. The second-order valence-electron chi connectivity index (χ2n) is 5.23. The smallest absolute Gasteiger partial charge is 0.310 e. The van der Waals surface area contributed by atoms with Crippen LogP contribution in [0.3, 0.4) is 0 Å². The van der Waals surface area contributed by atoms with Gasteiger partial charge in [0, 0.05) is 14.7 Å². The molecule has 0 aliphatic carbocycles. The standard InChI is InChI=1S/C17H13IO4/c1-9(17(20)21)10-2-4-14-15(7-10)22-8-11-6-12(18)3-5-13(11)16(14)19/h2-7,9H,8H2,1H3,(H,20,21)/t9-/m1/s1. The Kier molecular flexibility index (Phi) is 3.90. The van der Waals surface area contributed by atoms with Crippen LogP contribution in [0.15, 0.2) is 36.4 Å². The van der Waals surface area contributed by atoms with E-state index in [9.17, 15) is 9.59 Å². The lowest BCUT2D eigenvalue weighted by molar-refractivity contribution is -0.138. The van der Waals surface area contributed by atoms with E-state index in [1.165, 1.54) is 0 Å². The molecule has 0 saturated carbocycles. The summed E-state index contributed by atoms with van der Waals surface area (Å²) in [6.45, 7) is 1.91. The molecule has 4 nitrogen and oxygen atoms in total. The molecule has 0 amide bonds. The number of carbonyl (C=O) groups is 2. The van der Waals surface area contributed by atoms with Gasteiger partial charge in [0.2, 0.25) is 0 Å². The molecule has 1 N–H and O–H groups in total. The quantitative estimate of drug-likeness (QED) is 0.772. The van der Waals surface area contributed by atoms with Crippen LogP contribution < -0.4 is 4.74 Å². The maximum Gasteiger partial charge on any atom is 0.310 e. The number of hydrogen-bond acceptors (Lipinski definition) is 3. The van der Waals surface area contributed by atoms with Gasteiger partial charge in [0.05, 0.1) is 11.5 Å². The van der Waals surface area contributed by atoms with Crippen molar-refractivity contribution >= 4 is 34.3 Å². The summed E-state index contributed by atoms with van der Waals surface area (Å²) < 4.78 is 6.79. The van der Waals surface area contributed by atoms with E-state index in [1.807, 2.05) is 18.2 Å². The van der Waals surface area contributed by atoms with E-state index < -0.39 is 11.9 Å². The first-order valence-electron chi connectivity index (χ1n) is 6.80. The van der Waals surface area contributed by atoms with E-state index in [0.717, 1.165) is 9.13 Å². The Morgan fingerprint density at radius 2 is 1.95 bits per heavy atom. The Bertz CT molecular complexity index is 782. The molecule has 112 valence electrons. The normalized spacial score (nSPS) is 14.4. The van der Waals surface area contributed by atoms with Crippen molar-refractivity contribution in [3.63, 3.8) is 0 Å². The average Bonchev–Trinajstić information content (AvgIpc) is 2.63. The van der Waals surface area contributed by atoms with Crippen molar-refractivity contribution in [1.82, 2.24) is 0 Å². The lowest BCUT2D eigenvalue weighted by Gasteiger charge is -2.11. The third-order valence-corrected chi connectivity index (χ3v) is 4.49. The molecule has 0 fully saturated rings. The minimum Gasteiger partial charge on any atom is -0.488 e. The van der Waals surface area contributed by atoms with Gasteiger partial charge in [-0.25, -0.2) is 0 Å². The van der Waals surface area contributed by atoms with Crippen LogP contribution in [0.4, 0.5) is 0 Å². The highest BCUT2D eigenvalue weighted by molar-refractivity contribution is 14.1. The molecule has 1 aliphatic heterocycles. The minimum absolute atomic E-state index is 0.0894. The largest absolute Gasteiger partial charge is 0.488 e. The molecular weight excluding hydrogens is 395 g/mol. The van der Waals surface area contributed by atoms with Crippen LogP contribution in [0.5, 0.6) is 5.75 Å². The fraction of sp³-hybridized carbons (Fsp3) is 0.176. The van der Waals surface area contributed by atoms with E-state index in [0.29, 0.717) is 29.0 Å². The van der Waals surface area contributed by atoms with Gasteiger partial charge in [0.25, 0.3) is 0 Å². The van der Waals surface area contributed by atoms with Gasteiger partial charge < -0.3 is 9.84 Å². The zero-order valence-corrected chi connectivity index (χ0v) is 14.0. The number of aliphatic carboxylic acids is 1. The molecule has 0 aromatic heterocycles. The first-order chi connectivity index (χ1) is 10.5. The van der Waals surface area contributed by atoms with Gasteiger partial charge in [-0.3, -0.25) is 9.59 Å². The minimum atomic E-state index is -0.905. The van der Waals surface area contributed by atoms with Crippen LogP contribution in [0.25, 0.3) is 0 Å². The molecule has 22 heavy (non-hydrogen) atoms. The van der Waals surface area contributed by atoms with E-state index in [4.69, 9.17) is 9.84 Å². The molecule has 3 rings (SSSR count). The van der Waals surface area contributed by atoms with Crippen molar-refractivity contribution in [3.8, 4) is 5.75 Å². The molecule has 2 aromatic rings. The summed E-state index contributed by atoms with van der Waals surface area (Å²) in [5, 5.41) is 9.11. The molecule has 0 saturated heterocycles. The number of hydrogen-bond donors (Lipinski definition) is 1. The Balaban J connectivity index is 2.06. The highest BCUT2D eigenvalue weighted by Crippen LogP contribution is 2.32. The number of benzene rings is 2. The summed E-state index contributed by atoms with van der Waals surface area (Å²) in [7, 11) is 0. The number of ketones is 1. The number of fused-ring (bicyclic) bond motifs is 2. The topological polar surface area (TPSA) is 63.6 Å². The molecular formula is C17H13IO4. The number of halogens is 1. The fourth-order valence-corrected chi connectivity index (χ4v) is 3.02. The Hall–Kier alpha value is -1.89. The zero-order valence-electron chi connectivity index (χ0n) is 11.8. The summed E-state index contributed by atoms with van der Waals surface area (Å²) in [5.41, 5.74) is 2.58. The summed E-state index contributed by atoms with van der Waals surface area (Å²) in [4.78, 5) is 23.8. The Morgan fingerprint density at radius 1 is 1.23 bits per heavy atom. The number of ether oxygens (including phenoxy) is 1. The molecule has 0 radical (unpaired) electrons. The third-order valence-electron chi connectivity index (χ3n) is 3.82. The number of carbonyl (C=O) groups excluding carboxylic acids is 1. The van der Waals surface area contributed by atoms with Gasteiger partial charge >= 0.3 is 5.97 Å². The molecule has 1 heterocycles. The lowest BCUT2D eigenvalue weighted by Crippen LogP contribution is -2.08. The number of carboxylic acid groups (broad SMARTS) is 1. The second-order valence-corrected chi connectivity index (χ2v) is 6.48. The molecule has 0 spiro atoms. The zero-order chi connectivity index (χ0) is 15.9. The highest BCUT2D eigenvalue weighted by Gasteiger charge is 2.24. The maximum absolute atomic E-state index is 12.7. The third kappa shape index (κ3) is 2.61. The molecule has 1 aliphatic rings. The van der Waals surface area contributed by atoms with Crippen molar-refractivity contribution in [3.05, 3.63) is 62.2 Å². The monoisotopic (exact) mass is 408 g/mol. The maximum atomic E-state index is 12.7. The highest BCUT2D eigenvalue weighted by atomic mass is 127. The summed E-state index contributed by atoms with van der Waals surface area (Å²) in [6, 6.07) is 10.6. The first-order valence-corrected chi connectivity index (χ1v) is 7.88. The van der Waals surface area contributed by atoms with Crippen LogP contribution in [0.1, 0.15) is 39.9 Å². The van der Waals surface area contributed by atoms with Crippen molar-refractivity contribution in [1.29, 1.82) is 0 Å². The van der Waals surface area contributed by atoms with Crippen LogP contribution >= 0.6 is 22.6 Å². The number of rotatable bonds is 2.